The van der Waals surface area contributed by atoms with E-state index in [4.69, 9.17) is 0 Å². The number of hydrazine groups is 1. The molecule has 10 heteroatoms. The number of carbonyl (C=O) groups is 1. The Morgan fingerprint density at radius 2 is 2.06 bits per heavy atom. The molecule has 2 aliphatic heterocycles. The molecule has 4 N–H and O–H groups in total. The molecule has 3 aliphatic rings. The third-order valence-electron chi connectivity index (χ3n) is 6.91. The van der Waals surface area contributed by atoms with E-state index in [1.807, 2.05) is 0 Å². The molecule has 0 aromatic heterocycles. The van der Waals surface area contributed by atoms with E-state index >= 15 is 0 Å². The van der Waals surface area contributed by atoms with Gasteiger partial charge in [0.15, 0.2) is 5.60 Å². The number of amides is 1. The van der Waals surface area contributed by atoms with E-state index in [2.05, 4.69) is 27.1 Å². The third-order valence-corrected chi connectivity index (χ3v) is 6.91. The summed E-state index contributed by atoms with van der Waals surface area (Å²) in [5.41, 5.74) is 1.05. The molecule has 4 rings (SSSR count). The minimum Gasteiger partial charge on any atom is -0.376 e. The van der Waals surface area contributed by atoms with Crippen LogP contribution >= 0.6 is 0 Å². The van der Waals surface area contributed by atoms with Gasteiger partial charge in [0.25, 0.3) is 0 Å². The molecule has 5 atom stereocenters. The number of carbonyl (C=O) groups excluding carboxylic acids is 1. The highest BCUT2D eigenvalue weighted by atomic mass is 19.4. The van der Waals surface area contributed by atoms with Crippen molar-refractivity contribution in [1.82, 2.24) is 15.8 Å². The van der Waals surface area contributed by atoms with Crippen LogP contribution in [0.4, 0.5) is 18.9 Å². The SMILES string of the molecule is Cc1cc(NC2NN([C@@H](CC#N)C3CC3)C3CCNC(=O)C23)ccc1C(C)(O)C(F)(F)F. The number of alkyl halides is 3. The summed E-state index contributed by atoms with van der Waals surface area (Å²) in [5, 5.41) is 27.5. The molecule has 0 radical (unpaired) electrons. The summed E-state index contributed by atoms with van der Waals surface area (Å²) in [6.45, 7) is 2.82. The largest absolute Gasteiger partial charge is 0.421 e. The van der Waals surface area contributed by atoms with Crippen LogP contribution in [0, 0.1) is 30.1 Å². The van der Waals surface area contributed by atoms with Crippen LogP contribution in [0.1, 0.15) is 43.7 Å². The Morgan fingerprint density at radius 1 is 1.34 bits per heavy atom. The fraction of sp³-hybridized carbons (Fsp3) is 0.636. The zero-order chi connectivity index (χ0) is 23.3. The number of anilines is 1. The Labute approximate surface area is 184 Å². The molecule has 3 fully saturated rings. The molecule has 4 unspecified atom stereocenters. The van der Waals surface area contributed by atoms with Crippen molar-refractivity contribution in [3.8, 4) is 6.07 Å². The number of aryl methyl sites for hydroxylation is 1. The highest BCUT2D eigenvalue weighted by molar-refractivity contribution is 5.82. The maximum Gasteiger partial charge on any atom is 0.421 e. The number of benzene rings is 1. The van der Waals surface area contributed by atoms with Gasteiger partial charge < -0.3 is 15.7 Å². The van der Waals surface area contributed by atoms with Crippen molar-refractivity contribution in [3.63, 3.8) is 0 Å². The minimum absolute atomic E-state index is 0.0243. The fourth-order valence-corrected chi connectivity index (χ4v) is 5.00. The number of hydrogen-bond acceptors (Lipinski definition) is 6. The summed E-state index contributed by atoms with van der Waals surface area (Å²) in [6, 6.07) is 6.51. The molecule has 1 aromatic rings. The Balaban J connectivity index is 1.57. The van der Waals surface area contributed by atoms with Gasteiger partial charge in [0.2, 0.25) is 5.91 Å². The van der Waals surface area contributed by atoms with Crippen LogP contribution in [-0.2, 0) is 10.4 Å². The lowest BCUT2D eigenvalue weighted by Crippen LogP contribution is -2.52. The summed E-state index contributed by atoms with van der Waals surface area (Å²) in [4.78, 5) is 12.7. The summed E-state index contributed by atoms with van der Waals surface area (Å²) in [7, 11) is 0. The quantitative estimate of drug-likeness (QED) is 0.531. The van der Waals surface area contributed by atoms with Gasteiger partial charge in [0.1, 0.15) is 6.17 Å². The number of hydrogen-bond donors (Lipinski definition) is 4. The lowest BCUT2D eigenvalue weighted by atomic mass is 9.89. The third kappa shape index (κ3) is 4.05. The predicted molar refractivity (Wildman–Crippen MR) is 111 cm³/mol. The highest BCUT2D eigenvalue weighted by Gasteiger charge is 2.53. The van der Waals surface area contributed by atoms with E-state index in [9.17, 15) is 28.3 Å². The van der Waals surface area contributed by atoms with E-state index in [0.29, 0.717) is 24.6 Å². The van der Waals surface area contributed by atoms with E-state index in [1.54, 1.807) is 6.07 Å². The molecule has 0 bridgehead atoms. The number of nitriles is 1. The molecule has 174 valence electrons. The molecular formula is C22H28F3N5O2. The highest BCUT2D eigenvalue weighted by Crippen LogP contribution is 2.42. The first-order valence-corrected chi connectivity index (χ1v) is 10.9. The van der Waals surface area contributed by atoms with Crippen molar-refractivity contribution >= 4 is 11.6 Å². The normalized spacial score (nSPS) is 28.9. The van der Waals surface area contributed by atoms with Gasteiger partial charge >= 0.3 is 6.18 Å². The van der Waals surface area contributed by atoms with Gasteiger partial charge in [-0.05, 0) is 62.3 Å². The molecule has 1 saturated carbocycles. The molecule has 32 heavy (non-hydrogen) atoms. The first-order chi connectivity index (χ1) is 15.0. The Hall–Kier alpha value is -2.35. The summed E-state index contributed by atoms with van der Waals surface area (Å²) in [5.74, 6) is -0.0618. The van der Waals surface area contributed by atoms with Crippen molar-refractivity contribution in [2.45, 2.75) is 69.6 Å². The maximum absolute atomic E-state index is 13.3. The predicted octanol–water partition coefficient (Wildman–Crippen LogP) is 2.52. The lowest BCUT2D eigenvalue weighted by Gasteiger charge is -2.34. The van der Waals surface area contributed by atoms with Crippen molar-refractivity contribution < 1.29 is 23.1 Å². The van der Waals surface area contributed by atoms with Gasteiger partial charge in [-0.25, -0.2) is 10.4 Å². The fourth-order valence-electron chi connectivity index (χ4n) is 5.00. The van der Waals surface area contributed by atoms with Gasteiger partial charge in [-0.2, -0.15) is 18.4 Å². The lowest BCUT2D eigenvalue weighted by molar-refractivity contribution is -0.259. The van der Waals surface area contributed by atoms with Gasteiger partial charge in [-0.3, -0.25) is 4.79 Å². The summed E-state index contributed by atoms with van der Waals surface area (Å²) in [6.07, 6.45) is -2.02. The van der Waals surface area contributed by atoms with Gasteiger partial charge in [0.05, 0.1) is 18.4 Å². The summed E-state index contributed by atoms with van der Waals surface area (Å²) >= 11 is 0. The molecular weight excluding hydrogens is 423 g/mol. The Morgan fingerprint density at radius 3 is 2.66 bits per heavy atom. The standard InChI is InChI=1S/C22H28F3N5O2/c1-12-11-14(5-6-15(12)21(2,32)22(23,24)25)28-19-18-17(8-10-27-20(18)31)30(29-19)16(7-9-26)13-3-4-13/h5-6,11,13,16-19,28-29,32H,3-4,7-8,10H2,1-2H3,(H,27,31)/t16-,17?,18?,19?,21?/m0/s1. The molecule has 2 heterocycles. The van der Waals surface area contributed by atoms with Crippen molar-refractivity contribution in [1.29, 1.82) is 5.26 Å². The van der Waals surface area contributed by atoms with Crippen molar-refractivity contribution in [2.24, 2.45) is 11.8 Å². The number of nitrogens with one attached hydrogen (secondary N) is 3. The second-order valence-electron chi connectivity index (χ2n) is 9.20. The smallest absolute Gasteiger partial charge is 0.376 e. The molecule has 7 nitrogen and oxygen atoms in total. The molecule has 1 aliphatic carbocycles. The zero-order valence-electron chi connectivity index (χ0n) is 18.0. The monoisotopic (exact) mass is 451 g/mol. The van der Waals surface area contributed by atoms with Crippen LogP contribution in [-0.4, -0.2) is 47.0 Å². The second-order valence-corrected chi connectivity index (χ2v) is 9.20. The Kier molecular flexibility index (Phi) is 5.86. The number of nitrogens with zero attached hydrogens (tertiary/aromatic N) is 2. The number of rotatable bonds is 6. The molecule has 1 amide bonds. The number of halogens is 3. The van der Waals surface area contributed by atoms with Crippen LogP contribution in [0.15, 0.2) is 18.2 Å². The van der Waals surface area contributed by atoms with Crippen LogP contribution in [0.25, 0.3) is 0 Å². The number of fused-ring (bicyclic) bond motifs is 1. The summed E-state index contributed by atoms with van der Waals surface area (Å²) < 4.78 is 39.8. The topological polar surface area (TPSA) is 100 Å². The van der Waals surface area contributed by atoms with Gasteiger partial charge in [-0.1, -0.05) is 6.07 Å². The first-order valence-electron chi connectivity index (χ1n) is 10.9. The minimum atomic E-state index is -4.80. The number of aliphatic hydroxyl groups is 1. The Bertz CT molecular complexity index is 925. The van der Waals surface area contributed by atoms with E-state index < -0.39 is 23.9 Å². The van der Waals surface area contributed by atoms with E-state index in [1.165, 1.54) is 19.1 Å². The maximum atomic E-state index is 13.3. The second kappa shape index (κ2) is 8.21. The molecule has 0 spiro atoms. The van der Waals surface area contributed by atoms with Crippen LogP contribution in [0.3, 0.4) is 0 Å². The van der Waals surface area contributed by atoms with Crippen LogP contribution < -0.4 is 16.1 Å². The molecule has 1 aromatic carbocycles. The van der Waals surface area contributed by atoms with Crippen LogP contribution in [0.2, 0.25) is 0 Å². The average molecular weight is 451 g/mol. The zero-order valence-corrected chi connectivity index (χ0v) is 18.0. The van der Waals surface area contributed by atoms with Crippen LogP contribution in [0.5, 0.6) is 0 Å². The first kappa shape index (κ1) is 22.8. The van der Waals surface area contributed by atoms with E-state index in [-0.39, 0.29) is 29.1 Å². The van der Waals surface area contributed by atoms with E-state index in [0.717, 1.165) is 26.2 Å². The molecule has 2 saturated heterocycles. The average Bonchev–Trinajstić information content (AvgIpc) is 3.48. The van der Waals surface area contributed by atoms with Crippen molar-refractivity contribution in [3.05, 3.63) is 29.3 Å². The van der Waals surface area contributed by atoms with Gasteiger partial charge in [0, 0.05) is 24.3 Å². The number of piperidine rings is 1. The van der Waals surface area contributed by atoms with Gasteiger partial charge in [-0.15, -0.1) is 0 Å². The van der Waals surface area contributed by atoms with Crippen molar-refractivity contribution in [2.75, 3.05) is 11.9 Å².